The summed E-state index contributed by atoms with van der Waals surface area (Å²) >= 11 is 6.33. The first-order valence-electron chi connectivity index (χ1n) is 11.6. The van der Waals surface area contributed by atoms with E-state index in [1.165, 1.54) is 0 Å². The van der Waals surface area contributed by atoms with E-state index in [0.29, 0.717) is 12.1 Å². The molecule has 1 saturated heterocycles. The lowest BCUT2D eigenvalue weighted by molar-refractivity contribution is -0.137. The van der Waals surface area contributed by atoms with Crippen molar-refractivity contribution >= 4 is 29.2 Å². The van der Waals surface area contributed by atoms with Gasteiger partial charge >= 0.3 is 5.97 Å². The minimum Gasteiger partial charge on any atom is -0.507 e. The number of halogens is 1. The van der Waals surface area contributed by atoms with Gasteiger partial charge in [0, 0.05) is 25.6 Å². The quantitative estimate of drug-likeness (QED) is 0.366. The maximum Gasteiger partial charge on any atom is 0.342 e. The number of aromatic hydroxyl groups is 2. The number of likely N-dealkylation sites (tertiary alicyclic amines) is 1. The molecule has 1 amide bonds. The fourth-order valence-corrected chi connectivity index (χ4v) is 4.18. The topological polar surface area (TPSA) is 109 Å². The van der Waals surface area contributed by atoms with Crippen LogP contribution in [0.3, 0.4) is 0 Å². The van der Waals surface area contributed by atoms with E-state index in [4.69, 9.17) is 21.2 Å². The second-order valence-corrected chi connectivity index (χ2v) is 8.86. The number of rotatable bonds is 3. The van der Waals surface area contributed by atoms with Crippen molar-refractivity contribution in [1.29, 1.82) is 0 Å². The fourth-order valence-electron chi connectivity index (χ4n) is 3.97. The summed E-state index contributed by atoms with van der Waals surface area (Å²) in [5.41, 5.74) is 1.44. The van der Waals surface area contributed by atoms with Crippen LogP contribution < -0.4 is 0 Å². The van der Waals surface area contributed by atoms with Gasteiger partial charge in [-0.25, -0.2) is 4.79 Å². The van der Waals surface area contributed by atoms with Crippen molar-refractivity contribution in [3.63, 3.8) is 0 Å². The molecule has 3 rings (SSSR count). The van der Waals surface area contributed by atoms with Crippen LogP contribution in [0, 0.1) is 0 Å². The lowest BCUT2D eigenvalue weighted by Crippen LogP contribution is -2.37. The highest BCUT2D eigenvalue weighted by atomic mass is 35.5. The zero-order valence-corrected chi connectivity index (χ0v) is 20.1. The van der Waals surface area contributed by atoms with Crippen molar-refractivity contribution in [3.05, 3.63) is 46.0 Å². The molecule has 2 aliphatic rings. The average Bonchev–Trinajstić information content (AvgIpc) is 2.81. The Morgan fingerprint density at radius 1 is 1.18 bits per heavy atom. The number of carbonyl (C=O) groups excluding carboxylic acids is 2. The van der Waals surface area contributed by atoms with Gasteiger partial charge in [0.1, 0.15) is 17.1 Å². The molecule has 1 aromatic rings. The minimum atomic E-state index is -0.749. The van der Waals surface area contributed by atoms with Crippen molar-refractivity contribution in [1.82, 2.24) is 4.90 Å². The number of amides is 1. The third-order valence-corrected chi connectivity index (χ3v) is 6.19. The zero-order valence-electron chi connectivity index (χ0n) is 19.4. The number of fused-ring (bicyclic) bond motifs is 1. The number of cyclic esters (lactones) is 1. The largest absolute Gasteiger partial charge is 0.507 e. The zero-order chi connectivity index (χ0) is 24.5. The molecule has 2 aliphatic heterocycles. The highest BCUT2D eigenvalue weighted by Crippen LogP contribution is 2.37. The summed E-state index contributed by atoms with van der Waals surface area (Å²) in [4.78, 5) is 32.3. The molecule has 0 unspecified atom stereocenters. The average molecular weight is 491 g/mol. The van der Waals surface area contributed by atoms with Crippen LogP contribution in [0.1, 0.15) is 61.4 Å². The molecule has 9 heteroatoms. The summed E-state index contributed by atoms with van der Waals surface area (Å²) in [5.74, 6) is -1.68. The molecule has 0 saturated carbocycles. The normalized spacial score (nSPS) is 21.6. The van der Waals surface area contributed by atoms with Crippen molar-refractivity contribution in [3.8, 4) is 11.5 Å². The molecule has 8 nitrogen and oxygen atoms in total. The van der Waals surface area contributed by atoms with E-state index < -0.39 is 11.7 Å². The summed E-state index contributed by atoms with van der Waals surface area (Å²) in [6, 6.07) is 1.01. The molecule has 184 valence electrons. The van der Waals surface area contributed by atoms with Gasteiger partial charge in [-0.2, -0.15) is 0 Å². The Kier molecular flexibility index (Phi) is 9.39. The Bertz CT molecular complexity index is 996. The molecule has 0 spiro atoms. The summed E-state index contributed by atoms with van der Waals surface area (Å²) < 4.78 is 5.30. The van der Waals surface area contributed by atoms with Gasteiger partial charge in [-0.05, 0) is 57.1 Å². The monoisotopic (exact) mass is 490 g/mol. The van der Waals surface area contributed by atoms with Crippen LogP contribution in [-0.2, 0) is 20.8 Å². The molecule has 2 heterocycles. The number of esters is 1. The lowest BCUT2D eigenvalue weighted by Gasteiger charge is -2.26. The number of phenolic OH excluding ortho intramolecular Hbond substituents is 2. The van der Waals surface area contributed by atoms with Crippen LogP contribution >= 0.6 is 11.6 Å². The second kappa shape index (κ2) is 12.5. The third kappa shape index (κ3) is 7.00. The third-order valence-electron chi connectivity index (χ3n) is 5.76. The van der Waals surface area contributed by atoms with Gasteiger partial charge < -0.3 is 24.7 Å². The fraction of sp³-hybridized carbons (Fsp3) is 0.480. The number of nitrogens with zero attached hydrogens (tertiary/aromatic N) is 2. The Hall–Kier alpha value is -3.00. The Morgan fingerprint density at radius 3 is 2.68 bits per heavy atom. The smallest absolute Gasteiger partial charge is 0.342 e. The van der Waals surface area contributed by atoms with E-state index in [2.05, 4.69) is 5.16 Å². The Labute approximate surface area is 204 Å². The molecule has 0 atom stereocenters. The van der Waals surface area contributed by atoms with Crippen LogP contribution in [0.2, 0.25) is 5.02 Å². The molecule has 1 fully saturated rings. The maximum absolute atomic E-state index is 12.7. The summed E-state index contributed by atoms with van der Waals surface area (Å²) in [6.07, 6.45) is 10.9. The predicted molar refractivity (Wildman–Crippen MR) is 129 cm³/mol. The predicted octanol–water partition coefficient (Wildman–Crippen LogP) is 4.52. The minimum absolute atomic E-state index is 0.0175. The van der Waals surface area contributed by atoms with E-state index >= 15 is 0 Å². The lowest BCUT2D eigenvalue weighted by atomic mass is 9.98. The molecule has 0 aromatic heterocycles. The number of benzene rings is 1. The molecule has 0 bridgehead atoms. The van der Waals surface area contributed by atoms with Crippen LogP contribution in [0.4, 0.5) is 0 Å². The van der Waals surface area contributed by atoms with Gasteiger partial charge in [0.2, 0.25) is 0 Å². The van der Waals surface area contributed by atoms with Gasteiger partial charge in [-0.15, -0.1) is 0 Å². The number of hydrogen-bond donors (Lipinski definition) is 2. The van der Waals surface area contributed by atoms with Crippen LogP contribution in [0.25, 0.3) is 0 Å². The van der Waals surface area contributed by atoms with E-state index in [9.17, 15) is 19.8 Å². The first-order valence-corrected chi connectivity index (χ1v) is 11.9. The SMILES string of the molecule is C/C1=C\C(=N\OCC(=O)N2CCCCC2)Cc2c(Cl)c(O)cc(O)c2C(=O)OCC/C=C/CC1. The van der Waals surface area contributed by atoms with E-state index in [0.717, 1.165) is 56.8 Å². The number of carbonyl (C=O) groups is 2. The van der Waals surface area contributed by atoms with E-state index in [1.807, 2.05) is 19.1 Å². The number of ether oxygens (including phenoxy) is 1. The number of hydrogen-bond acceptors (Lipinski definition) is 7. The maximum atomic E-state index is 12.7. The second-order valence-electron chi connectivity index (χ2n) is 8.48. The first kappa shape index (κ1) is 25.6. The van der Waals surface area contributed by atoms with Gasteiger partial charge in [0.05, 0.1) is 17.3 Å². The summed E-state index contributed by atoms with van der Waals surface area (Å²) in [5, 5.41) is 24.6. The van der Waals surface area contributed by atoms with Crippen LogP contribution in [0.5, 0.6) is 11.5 Å². The number of allylic oxidation sites excluding steroid dienone is 3. The van der Waals surface area contributed by atoms with E-state index in [-0.39, 0.29) is 47.4 Å². The van der Waals surface area contributed by atoms with Crippen LogP contribution in [-0.4, -0.2) is 59.0 Å². The standard InChI is InChI=1S/C25H31ClN2O6/c1-17-9-5-2-3-8-12-33-25(32)23-19(24(26)21(30)15-20(23)29)14-18(13-17)27-34-16-22(31)28-10-6-4-7-11-28/h2-3,13,15,29-30H,4-12,14,16H2,1H3/b3-2+,17-13+,27-18-. The first-order chi connectivity index (χ1) is 16.4. The van der Waals surface area contributed by atoms with Crippen LogP contribution in [0.15, 0.2) is 35.0 Å². The number of phenols is 2. The highest BCUT2D eigenvalue weighted by molar-refractivity contribution is 6.33. The Balaban J connectivity index is 1.91. The van der Waals surface area contributed by atoms with Gasteiger partial charge in [-0.1, -0.05) is 34.5 Å². The highest BCUT2D eigenvalue weighted by Gasteiger charge is 2.25. The molecule has 1 aromatic carbocycles. The number of oxime groups is 1. The summed E-state index contributed by atoms with van der Waals surface area (Å²) in [6.45, 7) is 3.33. The van der Waals surface area contributed by atoms with Crippen molar-refractivity contribution < 1.29 is 29.4 Å². The Morgan fingerprint density at radius 2 is 1.91 bits per heavy atom. The molecule has 0 radical (unpaired) electrons. The van der Waals surface area contributed by atoms with Gasteiger partial charge in [-0.3, -0.25) is 4.79 Å². The van der Waals surface area contributed by atoms with E-state index in [1.54, 1.807) is 11.0 Å². The molecule has 34 heavy (non-hydrogen) atoms. The van der Waals surface area contributed by atoms with Crippen molar-refractivity contribution in [2.75, 3.05) is 26.3 Å². The molecule has 2 N–H and O–H groups in total. The van der Waals surface area contributed by atoms with Gasteiger partial charge in [0.25, 0.3) is 5.91 Å². The molecular formula is C25H31ClN2O6. The number of piperidine rings is 1. The van der Waals surface area contributed by atoms with Gasteiger partial charge in [0.15, 0.2) is 6.61 Å². The van der Waals surface area contributed by atoms with Crippen molar-refractivity contribution in [2.24, 2.45) is 5.16 Å². The molecule has 0 aliphatic carbocycles. The van der Waals surface area contributed by atoms with Crippen molar-refractivity contribution in [2.45, 2.75) is 51.9 Å². The summed E-state index contributed by atoms with van der Waals surface area (Å²) in [7, 11) is 0. The molecular weight excluding hydrogens is 460 g/mol.